The number of allylic oxidation sites excluding steroid dienone is 2. The van der Waals surface area contributed by atoms with Crippen molar-refractivity contribution in [2.24, 2.45) is 0 Å². The molecule has 15 nitrogen and oxygen atoms in total. The summed E-state index contributed by atoms with van der Waals surface area (Å²) in [5, 5.41) is 31.1. The second kappa shape index (κ2) is 15.1. The first-order valence-electron chi connectivity index (χ1n) is 10.7. The molecular weight excluding hydrogens is 474 g/mol. The van der Waals surface area contributed by atoms with Crippen LogP contribution in [0.2, 0.25) is 0 Å². The summed E-state index contributed by atoms with van der Waals surface area (Å²) in [5.74, 6) is -0.178. The van der Waals surface area contributed by atoms with Crippen LogP contribution in [-0.2, 0) is 35.8 Å². The highest BCUT2D eigenvalue weighted by Gasteiger charge is 2.39. The van der Waals surface area contributed by atoms with Crippen molar-refractivity contribution in [3.63, 3.8) is 0 Å². The minimum absolute atomic E-state index is 0.146. The predicted molar refractivity (Wildman–Crippen MR) is 128 cm³/mol. The molecule has 3 heterocycles. The lowest BCUT2D eigenvalue weighted by Crippen LogP contribution is -2.39. The van der Waals surface area contributed by atoms with Crippen molar-refractivity contribution >= 4 is 23.7 Å². The number of Topliss-reactive ketones (excluding diaryl/α,β-unsaturated/α-hetero) is 1. The molecule has 0 aliphatic carbocycles. The zero-order valence-electron chi connectivity index (χ0n) is 22.1. The number of carbonyl (C=O) groups is 3. The second-order valence-electron chi connectivity index (χ2n) is 7.90. The van der Waals surface area contributed by atoms with Crippen LogP contribution in [-0.4, -0.2) is 84.5 Å². The summed E-state index contributed by atoms with van der Waals surface area (Å²) in [6.45, 7) is 12.4. The molecule has 0 radical (unpaired) electrons. The maximum Gasteiger partial charge on any atom is 0.341 e. The Balaban J connectivity index is 0.000000529. The van der Waals surface area contributed by atoms with E-state index in [1.165, 1.54) is 21.1 Å². The Morgan fingerprint density at radius 1 is 1.14 bits per heavy atom. The topological polar surface area (TPSA) is 214 Å². The smallest absolute Gasteiger partial charge is 0.341 e. The van der Waals surface area contributed by atoms with Gasteiger partial charge in [0.15, 0.2) is 11.6 Å². The highest BCUT2D eigenvalue weighted by molar-refractivity contribution is 6.16. The molecule has 2 aromatic heterocycles. The van der Waals surface area contributed by atoms with Crippen molar-refractivity contribution in [1.29, 1.82) is 0 Å². The number of hydrogen-bond acceptors (Lipinski definition) is 13. The van der Waals surface area contributed by atoms with Crippen molar-refractivity contribution in [2.75, 3.05) is 26.6 Å². The average molecular weight is 510 g/mol. The number of H-pyrrole nitrogens is 1. The molecule has 2 aromatic rings. The number of nitrogens with two attached hydrogens (primary N) is 1. The van der Waals surface area contributed by atoms with Crippen molar-refractivity contribution in [3.8, 4) is 0 Å². The van der Waals surface area contributed by atoms with Crippen molar-refractivity contribution in [2.45, 2.75) is 60.4 Å². The number of esters is 2. The number of carbonyl (C=O) groups excluding carboxylic acids is 3. The highest BCUT2D eigenvalue weighted by Crippen LogP contribution is 2.33. The third kappa shape index (κ3) is 8.98. The molecule has 0 aromatic carbocycles. The molecule has 0 saturated heterocycles. The lowest BCUT2D eigenvalue weighted by molar-refractivity contribution is -0.138. The molecule has 0 bridgehead atoms. The fourth-order valence-corrected chi connectivity index (χ4v) is 3.20. The van der Waals surface area contributed by atoms with Crippen LogP contribution in [0.15, 0.2) is 22.3 Å². The van der Waals surface area contributed by atoms with E-state index in [2.05, 4.69) is 40.9 Å². The fraction of sp³-hybridized carbons (Fsp3) is 0.571. The summed E-state index contributed by atoms with van der Waals surface area (Å²) in [5.41, 5.74) is 6.82. The van der Waals surface area contributed by atoms with Crippen LogP contribution in [0.1, 0.15) is 54.3 Å². The minimum Gasteiger partial charge on any atom is -0.466 e. The molecule has 0 fully saturated rings. The number of nitrogens with one attached hydrogen (secondary N) is 1. The molecule has 4 N–H and O–H groups in total. The molecule has 36 heavy (non-hydrogen) atoms. The molecule has 0 amide bonds. The van der Waals surface area contributed by atoms with Gasteiger partial charge in [-0.25, -0.2) is 14.3 Å². The minimum atomic E-state index is -0.561. The number of aromatic nitrogens is 8. The molecule has 15 heteroatoms. The maximum absolute atomic E-state index is 11.8. The number of aliphatic hydroxyl groups excluding tert-OH is 1. The van der Waals surface area contributed by atoms with Gasteiger partial charge in [0, 0.05) is 13.0 Å². The van der Waals surface area contributed by atoms with Gasteiger partial charge in [-0.2, -0.15) is 5.21 Å². The van der Waals surface area contributed by atoms with Gasteiger partial charge in [0.05, 0.1) is 25.3 Å². The van der Waals surface area contributed by atoms with E-state index in [9.17, 15) is 14.4 Å². The Labute approximate surface area is 209 Å². The SMILES string of the molecule is CCO.COC(=O)C(C(C)=O)=C(C)C.COC(=O)C1=C(C)Cc2nnnn2C1(C)C.Nc1nn[nH]n1. The second-order valence-corrected chi connectivity index (χ2v) is 7.90. The molecule has 0 atom stereocenters. The number of rotatable bonds is 3. The summed E-state index contributed by atoms with van der Waals surface area (Å²) >= 11 is 0. The van der Waals surface area contributed by atoms with E-state index in [0.29, 0.717) is 17.6 Å². The number of nitrogen functional groups attached to an aromatic ring is 1. The number of anilines is 1. The van der Waals surface area contributed by atoms with E-state index >= 15 is 0 Å². The Kier molecular flexibility index (Phi) is 13.4. The quantitative estimate of drug-likeness (QED) is 0.220. The van der Waals surface area contributed by atoms with Crippen LogP contribution >= 0.6 is 0 Å². The highest BCUT2D eigenvalue weighted by atomic mass is 16.5. The summed E-state index contributed by atoms with van der Waals surface area (Å²) in [4.78, 5) is 33.5. The van der Waals surface area contributed by atoms with Crippen molar-refractivity contribution in [1.82, 2.24) is 40.8 Å². The first kappa shape index (κ1) is 32.0. The Morgan fingerprint density at radius 2 is 1.72 bits per heavy atom. The number of aromatic amines is 1. The van der Waals surface area contributed by atoms with Crippen LogP contribution in [0.25, 0.3) is 0 Å². The monoisotopic (exact) mass is 509 g/mol. The lowest BCUT2D eigenvalue weighted by atomic mass is 9.86. The summed E-state index contributed by atoms with van der Waals surface area (Å²) in [7, 11) is 2.64. The Hall–Kier alpha value is -4.01. The van der Waals surface area contributed by atoms with Gasteiger partial charge < -0.3 is 20.3 Å². The van der Waals surface area contributed by atoms with Crippen LogP contribution in [0, 0.1) is 0 Å². The number of hydrogen-bond donors (Lipinski definition) is 3. The molecule has 0 unspecified atom stereocenters. The normalized spacial score (nSPS) is 12.7. The Morgan fingerprint density at radius 3 is 2.06 bits per heavy atom. The summed E-state index contributed by atoms with van der Waals surface area (Å²) in [6, 6.07) is 0. The first-order chi connectivity index (χ1) is 16.8. The van der Waals surface area contributed by atoms with Crippen LogP contribution in [0.5, 0.6) is 0 Å². The number of fused-ring (bicyclic) bond motifs is 1. The number of ether oxygens (including phenoxy) is 2. The third-order valence-corrected chi connectivity index (χ3v) is 4.52. The molecule has 200 valence electrons. The molecular formula is C21H35N9O6. The molecule has 0 spiro atoms. The van der Waals surface area contributed by atoms with Gasteiger partial charge in [0.1, 0.15) is 5.57 Å². The van der Waals surface area contributed by atoms with Crippen LogP contribution in [0.4, 0.5) is 5.95 Å². The molecule has 3 rings (SSSR count). The largest absolute Gasteiger partial charge is 0.466 e. The predicted octanol–water partition coefficient (Wildman–Crippen LogP) is 0.319. The van der Waals surface area contributed by atoms with E-state index in [1.807, 2.05) is 20.8 Å². The lowest BCUT2D eigenvalue weighted by Gasteiger charge is -2.32. The van der Waals surface area contributed by atoms with Gasteiger partial charge >= 0.3 is 11.9 Å². The van der Waals surface area contributed by atoms with Gasteiger partial charge in [-0.15, -0.1) is 10.2 Å². The number of nitrogens with zero attached hydrogens (tertiary/aromatic N) is 7. The zero-order valence-corrected chi connectivity index (χ0v) is 22.1. The van der Waals surface area contributed by atoms with Crippen molar-refractivity contribution in [3.05, 3.63) is 28.1 Å². The van der Waals surface area contributed by atoms with E-state index in [1.54, 1.807) is 25.5 Å². The van der Waals surface area contributed by atoms with Gasteiger partial charge in [-0.1, -0.05) is 16.2 Å². The van der Waals surface area contributed by atoms with Gasteiger partial charge in [0.2, 0.25) is 0 Å². The van der Waals surface area contributed by atoms with Crippen LogP contribution < -0.4 is 5.73 Å². The Bertz CT molecular complexity index is 1070. The summed E-state index contributed by atoms with van der Waals surface area (Å²) in [6.07, 6.45) is 0.584. The summed E-state index contributed by atoms with van der Waals surface area (Å²) < 4.78 is 10.9. The van der Waals surface area contributed by atoms with E-state index in [4.69, 9.17) is 15.6 Å². The first-order valence-corrected chi connectivity index (χ1v) is 10.7. The van der Waals surface area contributed by atoms with Gasteiger partial charge in [-0.05, 0) is 64.1 Å². The number of tetrazole rings is 2. The van der Waals surface area contributed by atoms with E-state index in [-0.39, 0.29) is 29.9 Å². The average Bonchev–Trinajstić information content (AvgIpc) is 3.46. The van der Waals surface area contributed by atoms with Gasteiger partial charge in [0.25, 0.3) is 5.95 Å². The van der Waals surface area contributed by atoms with E-state index < -0.39 is 11.5 Å². The number of ketones is 1. The third-order valence-electron chi connectivity index (χ3n) is 4.52. The number of methoxy groups -OCH3 is 2. The number of aliphatic hydroxyl groups is 1. The molecule has 1 aliphatic heterocycles. The molecule has 1 aliphatic rings. The van der Waals surface area contributed by atoms with Crippen molar-refractivity contribution < 1.29 is 29.0 Å². The fourth-order valence-electron chi connectivity index (χ4n) is 3.20. The van der Waals surface area contributed by atoms with Crippen LogP contribution in [0.3, 0.4) is 0 Å². The molecule has 0 saturated carbocycles. The van der Waals surface area contributed by atoms with E-state index in [0.717, 1.165) is 11.4 Å². The zero-order chi connectivity index (χ0) is 28.1. The maximum atomic E-state index is 11.8. The standard InChI is InChI=1S/C10H14N4O2.C8H12O3.C2H6O.CH3N5/c1-6-5-7-11-12-13-14(7)10(2,3)8(6)9(15)16-4;1-5(2)7(6(3)9)8(10)11-4;1-2-3;2-1-3-5-6-4-1/h5H2,1-4H3;1-4H3;3H,2H2,1H3;(H3,2,3,4,5,6). The van der Waals surface area contributed by atoms with Gasteiger partial charge in [-0.3, -0.25) is 4.79 Å².